The van der Waals surface area contributed by atoms with Crippen molar-refractivity contribution in [3.63, 3.8) is 0 Å². The fourth-order valence-corrected chi connectivity index (χ4v) is 7.17. The zero-order valence-corrected chi connectivity index (χ0v) is 25.3. The minimum Gasteiger partial charge on any atom is -0.491 e. The first-order chi connectivity index (χ1) is 19.2. The molecule has 12 heteroatoms. The molecule has 0 bridgehead atoms. The fraction of sp³-hybridized carbons (Fsp3) is 0.429. The Labute approximate surface area is 243 Å². The van der Waals surface area contributed by atoms with Gasteiger partial charge in [-0.25, -0.2) is 13.4 Å². The van der Waals surface area contributed by atoms with E-state index in [0.717, 1.165) is 49.4 Å². The molecule has 0 unspecified atom stereocenters. The van der Waals surface area contributed by atoms with Crippen molar-refractivity contribution < 1.29 is 13.2 Å². The summed E-state index contributed by atoms with van der Waals surface area (Å²) in [6, 6.07) is 10.6. The SMILES string of the molecule is CN(C)C1CCN(c2ccc(Nc3ncc(Br)c(Nc4cccc5c4N(S(C)(=O)=O)CC5)n3)c3c2CCO3)CC1. The predicted octanol–water partition coefficient (Wildman–Crippen LogP) is 4.51. The van der Waals surface area contributed by atoms with Crippen molar-refractivity contribution in [2.45, 2.75) is 31.7 Å². The number of hydrogen-bond acceptors (Lipinski definition) is 9. The van der Waals surface area contributed by atoms with Gasteiger partial charge in [-0.05, 0) is 73.1 Å². The lowest BCUT2D eigenvalue weighted by Gasteiger charge is -2.37. The number of rotatable bonds is 7. The molecule has 3 aliphatic heterocycles. The van der Waals surface area contributed by atoms with E-state index in [-0.39, 0.29) is 0 Å². The summed E-state index contributed by atoms with van der Waals surface area (Å²) in [4.78, 5) is 14.0. The van der Waals surface area contributed by atoms with Gasteiger partial charge in [0.05, 0.1) is 34.4 Å². The molecule has 1 fully saturated rings. The Morgan fingerprint density at radius 1 is 1.05 bits per heavy atom. The van der Waals surface area contributed by atoms with Crippen LogP contribution < -0.4 is 24.6 Å². The van der Waals surface area contributed by atoms with Crippen LogP contribution in [0.1, 0.15) is 24.0 Å². The predicted molar refractivity (Wildman–Crippen MR) is 163 cm³/mol. The van der Waals surface area contributed by atoms with E-state index in [0.29, 0.717) is 53.2 Å². The number of fused-ring (bicyclic) bond motifs is 2. The second-order valence-corrected chi connectivity index (χ2v) is 13.5. The van der Waals surface area contributed by atoms with E-state index in [2.05, 4.69) is 61.5 Å². The van der Waals surface area contributed by atoms with Gasteiger partial charge in [-0.2, -0.15) is 4.98 Å². The molecule has 2 N–H and O–H groups in total. The molecule has 0 saturated carbocycles. The summed E-state index contributed by atoms with van der Waals surface area (Å²) in [7, 11) is 0.925. The molecule has 10 nitrogen and oxygen atoms in total. The number of sulfonamides is 1. The zero-order chi connectivity index (χ0) is 28.0. The Morgan fingerprint density at radius 3 is 2.60 bits per heavy atom. The number of halogens is 1. The minimum absolute atomic E-state index is 0.412. The molecule has 3 aliphatic rings. The number of nitrogens with zero attached hydrogens (tertiary/aromatic N) is 5. The lowest BCUT2D eigenvalue weighted by molar-refractivity contribution is 0.249. The first-order valence-corrected chi connectivity index (χ1v) is 16.2. The van der Waals surface area contributed by atoms with Gasteiger partial charge < -0.3 is 25.2 Å². The second-order valence-electron chi connectivity index (χ2n) is 10.8. The third-order valence-electron chi connectivity index (χ3n) is 7.97. The van der Waals surface area contributed by atoms with Gasteiger partial charge in [-0.1, -0.05) is 12.1 Å². The van der Waals surface area contributed by atoms with Gasteiger partial charge in [0.2, 0.25) is 16.0 Å². The summed E-state index contributed by atoms with van der Waals surface area (Å²) in [5.74, 6) is 1.80. The lowest BCUT2D eigenvalue weighted by atomic mass is 10.0. The van der Waals surface area contributed by atoms with Crippen molar-refractivity contribution in [1.29, 1.82) is 0 Å². The first-order valence-electron chi connectivity index (χ1n) is 13.6. The van der Waals surface area contributed by atoms with Gasteiger partial charge in [0.1, 0.15) is 11.6 Å². The molecule has 40 heavy (non-hydrogen) atoms. The molecule has 0 aliphatic carbocycles. The Hall–Kier alpha value is -3.09. The standard InChI is InChI=1S/C28H34BrN7O3S/c1-34(2)19-10-13-35(14-11-19)24-8-7-23(26-20(24)12-16-39-26)32-28-30-17-21(29)27(33-28)31-22-6-4-5-18-9-15-36(25(18)22)40(3,37)38/h4-8,17,19H,9-16H2,1-3H3,(H2,30,31,32,33). The lowest BCUT2D eigenvalue weighted by Crippen LogP contribution is -2.42. The highest BCUT2D eigenvalue weighted by molar-refractivity contribution is 9.10. The fourth-order valence-electron chi connectivity index (χ4n) is 5.91. The molecule has 0 spiro atoms. The van der Waals surface area contributed by atoms with Crippen molar-refractivity contribution >= 4 is 60.5 Å². The van der Waals surface area contributed by atoms with Crippen LogP contribution in [0.15, 0.2) is 41.0 Å². The quantitative estimate of drug-likeness (QED) is 0.391. The number of para-hydroxylation sites is 1. The smallest absolute Gasteiger partial charge is 0.232 e. The van der Waals surface area contributed by atoms with E-state index >= 15 is 0 Å². The van der Waals surface area contributed by atoms with E-state index in [4.69, 9.17) is 9.72 Å². The van der Waals surface area contributed by atoms with Crippen LogP contribution in [0.2, 0.25) is 0 Å². The van der Waals surface area contributed by atoms with Gasteiger partial charge >= 0.3 is 0 Å². The molecule has 2 aromatic carbocycles. The van der Waals surface area contributed by atoms with E-state index < -0.39 is 10.0 Å². The third kappa shape index (κ3) is 5.19. The molecule has 212 valence electrons. The van der Waals surface area contributed by atoms with Crippen LogP contribution in [-0.4, -0.2) is 75.9 Å². The molecule has 6 rings (SSSR count). The normalized spacial score (nSPS) is 17.1. The molecule has 1 saturated heterocycles. The van der Waals surface area contributed by atoms with Gasteiger partial charge in [-0.3, -0.25) is 4.31 Å². The molecule has 0 radical (unpaired) electrons. The van der Waals surface area contributed by atoms with E-state index in [9.17, 15) is 8.42 Å². The van der Waals surface area contributed by atoms with Crippen molar-refractivity contribution in [1.82, 2.24) is 14.9 Å². The molecule has 1 aromatic heterocycles. The average molecular weight is 629 g/mol. The van der Waals surface area contributed by atoms with Crippen LogP contribution in [0.5, 0.6) is 5.75 Å². The Morgan fingerprint density at radius 2 is 1.85 bits per heavy atom. The van der Waals surface area contributed by atoms with Gasteiger partial charge in [-0.15, -0.1) is 0 Å². The number of anilines is 6. The molecule has 3 aromatic rings. The number of aromatic nitrogens is 2. The summed E-state index contributed by atoms with van der Waals surface area (Å²) in [5, 5.41) is 6.69. The summed E-state index contributed by atoms with van der Waals surface area (Å²) in [6.45, 7) is 3.15. The maximum atomic E-state index is 12.4. The van der Waals surface area contributed by atoms with E-state index in [1.165, 1.54) is 21.8 Å². The van der Waals surface area contributed by atoms with Crippen molar-refractivity contribution in [2.75, 3.05) is 66.4 Å². The number of nitrogens with one attached hydrogen (secondary N) is 2. The monoisotopic (exact) mass is 627 g/mol. The number of ether oxygens (including phenoxy) is 1. The Kier molecular flexibility index (Phi) is 7.26. The van der Waals surface area contributed by atoms with Crippen LogP contribution >= 0.6 is 15.9 Å². The molecular formula is C28H34BrN7O3S. The van der Waals surface area contributed by atoms with Crippen LogP contribution in [-0.2, 0) is 22.9 Å². The van der Waals surface area contributed by atoms with E-state index in [1.807, 2.05) is 24.3 Å². The van der Waals surface area contributed by atoms with Gasteiger partial charge in [0.25, 0.3) is 0 Å². The van der Waals surface area contributed by atoms with Crippen molar-refractivity contribution in [3.05, 3.63) is 52.1 Å². The second kappa shape index (κ2) is 10.7. The maximum Gasteiger partial charge on any atom is 0.232 e. The van der Waals surface area contributed by atoms with Crippen LogP contribution in [0, 0.1) is 0 Å². The maximum absolute atomic E-state index is 12.4. The van der Waals surface area contributed by atoms with Crippen LogP contribution in [0.25, 0.3) is 0 Å². The first kappa shape index (κ1) is 27.1. The van der Waals surface area contributed by atoms with Crippen molar-refractivity contribution in [2.24, 2.45) is 0 Å². The highest BCUT2D eigenvalue weighted by Crippen LogP contribution is 2.43. The highest BCUT2D eigenvalue weighted by atomic mass is 79.9. The summed E-state index contributed by atoms with van der Waals surface area (Å²) in [6.07, 6.45) is 6.76. The molecule has 4 heterocycles. The average Bonchev–Trinajstić information content (AvgIpc) is 3.59. The largest absolute Gasteiger partial charge is 0.491 e. The van der Waals surface area contributed by atoms with E-state index in [1.54, 1.807) is 6.20 Å². The van der Waals surface area contributed by atoms with Crippen molar-refractivity contribution in [3.8, 4) is 5.75 Å². The van der Waals surface area contributed by atoms with Crippen LogP contribution in [0.4, 0.5) is 34.5 Å². The third-order valence-corrected chi connectivity index (χ3v) is 9.71. The van der Waals surface area contributed by atoms with Crippen LogP contribution in [0.3, 0.4) is 0 Å². The summed E-state index contributed by atoms with van der Waals surface area (Å²) < 4.78 is 33.1. The molecule has 0 atom stereocenters. The number of benzene rings is 2. The van der Waals surface area contributed by atoms with Gasteiger partial charge in [0, 0.05) is 49.5 Å². The summed E-state index contributed by atoms with van der Waals surface area (Å²) >= 11 is 3.54. The number of hydrogen-bond donors (Lipinski definition) is 2. The Bertz CT molecular complexity index is 1540. The minimum atomic E-state index is -3.40. The highest BCUT2D eigenvalue weighted by Gasteiger charge is 2.30. The zero-order valence-electron chi connectivity index (χ0n) is 22.9. The Balaban J connectivity index is 1.25. The molecule has 0 amide bonds. The topological polar surface area (TPSA) is 103 Å². The molecular weight excluding hydrogens is 594 g/mol. The number of piperidine rings is 1. The summed E-state index contributed by atoms with van der Waals surface area (Å²) in [5.41, 5.74) is 5.64. The van der Waals surface area contributed by atoms with Gasteiger partial charge in [0.15, 0.2) is 0 Å².